The lowest BCUT2D eigenvalue weighted by atomic mass is 10.0. The molecule has 2 saturated heterocycles. The van der Waals surface area contributed by atoms with Gasteiger partial charge >= 0.3 is 0 Å². The minimum Gasteiger partial charge on any atom is -0.356 e. The molecule has 0 amide bonds. The number of benzene rings is 2. The standard InChI is InChI=1S/C23H24ClN3O2/c24-18-7-8-20-19(16-18)22(27-12-10-23(11-13-27)28-14-15-29-23)26-21(25-20)9-6-17-4-2-1-3-5-17/h1-5,7-8,16H,6,9-15H2. The molecular formula is C23H24ClN3O2. The summed E-state index contributed by atoms with van der Waals surface area (Å²) in [4.78, 5) is 12.1. The maximum absolute atomic E-state index is 6.29. The van der Waals surface area contributed by atoms with E-state index in [9.17, 15) is 0 Å². The fourth-order valence-corrected chi connectivity index (χ4v) is 4.40. The summed E-state index contributed by atoms with van der Waals surface area (Å²) in [6, 6.07) is 16.3. The highest BCUT2D eigenvalue weighted by atomic mass is 35.5. The van der Waals surface area contributed by atoms with Gasteiger partial charge in [-0.1, -0.05) is 41.9 Å². The second-order valence-corrected chi connectivity index (χ2v) is 8.14. The molecule has 3 aromatic rings. The summed E-state index contributed by atoms with van der Waals surface area (Å²) in [7, 11) is 0. The van der Waals surface area contributed by atoms with Gasteiger partial charge in [0, 0.05) is 42.8 Å². The Morgan fingerprint density at radius 1 is 0.931 bits per heavy atom. The van der Waals surface area contributed by atoms with Crippen molar-refractivity contribution in [1.29, 1.82) is 0 Å². The predicted octanol–water partition coefficient (Wildman–Crippen LogP) is 4.41. The molecule has 2 aliphatic heterocycles. The number of halogens is 1. The van der Waals surface area contributed by atoms with E-state index in [0.29, 0.717) is 18.2 Å². The van der Waals surface area contributed by atoms with Crippen LogP contribution in [0.2, 0.25) is 5.02 Å². The molecule has 0 radical (unpaired) electrons. The van der Waals surface area contributed by atoms with Crippen molar-refractivity contribution in [3.05, 3.63) is 64.9 Å². The molecule has 2 aliphatic rings. The van der Waals surface area contributed by atoms with Gasteiger partial charge in [0.15, 0.2) is 5.79 Å². The van der Waals surface area contributed by atoms with Gasteiger partial charge in [0.25, 0.3) is 0 Å². The summed E-state index contributed by atoms with van der Waals surface area (Å²) < 4.78 is 11.8. The van der Waals surface area contributed by atoms with Gasteiger partial charge in [0.05, 0.1) is 18.7 Å². The van der Waals surface area contributed by atoms with E-state index in [1.54, 1.807) is 0 Å². The van der Waals surface area contributed by atoms with Gasteiger partial charge in [-0.25, -0.2) is 9.97 Å². The predicted molar refractivity (Wildman–Crippen MR) is 114 cm³/mol. The number of anilines is 1. The zero-order valence-electron chi connectivity index (χ0n) is 16.3. The highest BCUT2D eigenvalue weighted by molar-refractivity contribution is 6.31. The van der Waals surface area contributed by atoms with E-state index in [-0.39, 0.29) is 0 Å². The van der Waals surface area contributed by atoms with Crippen LogP contribution < -0.4 is 4.90 Å². The van der Waals surface area contributed by atoms with E-state index in [0.717, 1.165) is 61.3 Å². The first-order chi connectivity index (χ1) is 14.2. The zero-order chi connectivity index (χ0) is 19.7. The van der Waals surface area contributed by atoms with E-state index in [1.165, 1.54) is 5.56 Å². The summed E-state index contributed by atoms with van der Waals surface area (Å²) in [6.45, 7) is 3.07. The van der Waals surface area contributed by atoms with Crippen molar-refractivity contribution in [2.75, 3.05) is 31.2 Å². The Labute approximate surface area is 175 Å². The Morgan fingerprint density at radius 2 is 1.69 bits per heavy atom. The number of fused-ring (bicyclic) bond motifs is 1. The third-order valence-electron chi connectivity index (χ3n) is 5.80. The van der Waals surface area contributed by atoms with E-state index < -0.39 is 5.79 Å². The lowest BCUT2D eigenvalue weighted by molar-refractivity contribution is -0.169. The normalized spacial score (nSPS) is 18.6. The summed E-state index contributed by atoms with van der Waals surface area (Å²) in [5, 5.41) is 1.71. The third kappa shape index (κ3) is 3.95. The molecule has 3 heterocycles. The second kappa shape index (κ2) is 7.90. The smallest absolute Gasteiger partial charge is 0.171 e. The number of aryl methyl sites for hydroxylation is 2. The number of rotatable bonds is 4. The molecule has 6 heteroatoms. The highest BCUT2D eigenvalue weighted by Gasteiger charge is 2.40. The fourth-order valence-electron chi connectivity index (χ4n) is 4.23. The van der Waals surface area contributed by atoms with Crippen molar-refractivity contribution in [3.8, 4) is 0 Å². The van der Waals surface area contributed by atoms with Gasteiger partial charge in [-0.3, -0.25) is 0 Å². The molecule has 29 heavy (non-hydrogen) atoms. The lowest BCUT2D eigenvalue weighted by Crippen LogP contribution is -2.45. The molecule has 2 fully saturated rings. The Hall–Kier alpha value is -2.21. The molecule has 1 aromatic heterocycles. The molecule has 1 spiro atoms. The van der Waals surface area contributed by atoms with Crippen molar-refractivity contribution in [3.63, 3.8) is 0 Å². The number of hydrogen-bond donors (Lipinski definition) is 0. The van der Waals surface area contributed by atoms with Crippen LogP contribution >= 0.6 is 11.6 Å². The molecule has 0 saturated carbocycles. The van der Waals surface area contributed by atoms with Crippen LogP contribution in [0.1, 0.15) is 24.2 Å². The minimum atomic E-state index is -0.396. The van der Waals surface area contributed by atoms with Crippen LogP contribution in [-0.4, -0.2) is 42.1 Å². The topological polar surface area (TPSA) is 47.5 Å². The maximum Gasteiger partial charge on any atom is 0.171 e. The molecule has 0 atom stereocenters. The Morgan fingerprint density at radius 3 is 2.45 bits per heavy atom. The highest BCUT2D eigenvalue weighted by Crippen LogP contribution is 2.35. The lowest BCUT2D eigenvalue weighted by Gasteiger charge is -2.38. The molecule has 5 rings (SSSR count). The van der Waals surface area contributed by atoms with Crippen molar-refractivity contribution in [2.45, 2.75) is 31.5 Å². The van der Waals surface area contributed by atoms with Gasteiger partial charge in [0.1, 0.15) is 11.6 Å². The van der Waals surface area contributed by atoms with Crippen LogP contribution in [-0.2, 0) is 22.3 Å². The third-order valence-corrected chi connectivity index (χ3v) is 6.04. The molecule has 0 bridgehead atoms. The number of hydrogen-bond acceptors (Lipinski definition) is 5. The monoisotopic (exact) mass is 409 g/mol. The van der Waals surface area contributed by atoms with Crippen LogP contribution in [0.5, 0.6) is 0 Å². The largest absolute Gasteiger partial charge is 0.356 e. The van der Waals surface area contributed by atoms with Crippen LogP contribution in [0, 0.1) is 0 Å². The molecular weight excluding hydrogens is 386 g/mol. The van der Waals surface area contributed by atoms with Crippen molar-refractivity contribution < 1.29 is 9.47 Å². The Bertz CT molecular complexity index is 996. The quantitative estimate of drug-likeness (QED) is 0.638. The van der Waals surface area contributed by atoms with Gasteiger partial charge < -0.3 is 14.4 Å². The molecule has 0 aliphatic carbocycles. The van der Waals surface area contributed by atoms with Crippen LogP contribution in [0.3, 0.4) is 0 Å². The van der Waals surface area contributed by atoms with E-state index in [1.807, 2.05) is 24.3 Å². The molecule has 5 nitrogen and oxygen atoms in total. The molecule has 150 valence electrons. The Kier molecular flexibility index (Phi) is 5.12. The van der Waals surface area contributed by atoms with Crippen molar-refractivity contribution >= 4 is 28.3 Å². The summed E-state index contributed by atoms with van der Waals surface area (Å²) >= 11 is 6.29. The number of ether oxygens (including phenoxy) is 2. The van der Waals surface area contributed by atoms with Crippen LogP contribution in [0.4, 0.5) is 5.82 Å². The number of nitrogens with zero attached hydrogens (tertiary/aromatic N) is 3. The van der Waals surface area contributed by atoms with E-state index >= 15 is 0 Å². The Balaban J connectivity index is 1.43. The minimum absolute atomic E-state index is 0.396. The molecule has 0 N–H and O–H groups in total. The van der Waals surface area contributed by atoms with E-state index in [4.69, 9.17) is 31.0 Å². The molecule has 0 unspecified atom stereocenters. The van der Waals surface area contributed by atoms with Gasteiger partial charge in [0.2, 0.25) is 0 Å². The first kappa shape index (κ1) is 18.8. The average Bonchev–Trinajstić information content (AvgIpc) is 3.21. The van der Waals surface area contributed by atoms with Gasteiger partial charge in [-0.05, 0) is 30.2 Å². The first-order valence-corrected chi connectivity index (χ1v) is 10.6. The molecule has 2 aromatic carbocycles. The van der Waals surface area contributed by atoms with Crippen molar-refractivity contribution in [2.24, 2.45) is 0 Å². The summed E-state index contributed by atoms with van der Waals surface area (Å²) in [5.74, 6) is 1.44. The number of aromatic nitrogens is 2. The maximum atomic E-state index is 6.29. The van der Waals surface area contributed by atoms with Crippen LogP contribution in [0.15, 0.2) is 48.5 Å². The first-order valence-electron chi connectivity index (χ1n) is 10.2. The number of piperidine rings is 1. The van der Waals surface area contributed by atoms with E-state index in [2.05, 4.69) is 29.2 Å². The zero-order valence-corrected chi connectivity index (χ0v) is 17.1. The summed E-state index contributed by atoms with van der Waals surface area (Å²) in [6.07, 6.45) is 3.42. The van der Waals surface area contributed by atoms with Crippen LogP contribution in [0.25, 0.3) is 10.9 Å². The van der Waals surface area contributed by atoms with Crippen molar-refractivity contribution in [1.82, 2.24) is 9.97 Å². The summed E-state index contributed by atoms with van der Waals surface area (Å²) in [5.41, 5.74) is 2.24. The average molecular weight is 410 g/mol. The fraction of sp³-hybridized carbons (Fsp3) is 0.391. The van der Waals surface area contributed by atoms with Gasteiger partial charge in [-0.15, -0.1) is 0 Å². The second-order valence-electron chi connectivity index (χ2n) is 7.71. The SMILES string of the molecule is Clc1ccc2nc(CCc3ccccc3)nc(N3CCC4(CC3)OCCO4)c2c1. The van der Waals surface area contributed by atoms with Gasteiger partial charge in [-0.2, -0.15) is 0 Å².